The van der Waals surface area contributed by atoms with Crippen molar-refractivity contribution >= 4 is 0 Å². The minimum atomic E-state index is 0.181. The highest BCUT2D eigenvalue weighted by atomic mass is 14.9. The Morgan fingerprint density at radius 2 is 2.18 bits per heavy atom. The van der Waals surface area contributed by atoms with Gasteiger partial charge >= 0.3 is 0 Å². The molecule has 11 heavy (non-hydrogen) atoms. The molecule has 1 aliphatic heterocycles. The van der Waals surface area contributed by atoms with Gasteiger partial charge in [0, 0.05) is 19.1 Å². The van der Waals surface area contributed by atoms with Crippen LogP contribution in [0.15, 0.2) is 24.3 Å². The number of nitrogens with two attached hydrogens (primary N) is 1. The van der Waals surface area contributed by atoms with Gasteiger partial charge in [-0.05, 0) is 11.1 Å². The van der Waals surface area contributed by atoms with Gasteiger partial charge in [0.05, 0.1) is 0 Å². The van der Waals surface area contributed by atoms with Crippen LogP contribution in [0.1, 0.15) is 17.2 Å². The summed E-state index contributed by atoms with van der Waals surface area (Å²) in [5.41, 5.74) is 8.52. The van der Waals surface area contributed by atoms with Gasteiger partial charge in [-0.25, -0.2) is 0 Å². The Hall–Kier alpha value is -0.860. The molecule has 1 aromatic carbocycles. The molecule has 3 N–H and O–H groups in total. The van der Waals surface area contributed by atoms with Crippen molar-refractivity contribution in [3.05, 3.63) is 35.4 Å². The first-order chi connectivity index (χ1) is 5.38. The largest absolute Gasteiger partial charge is 0.323 e. The molecule has 2 rings (SSSR count). The molecule has 2 heteroatoms. The highest BCUT2D eigenvalue weighted by Crippen LogP contribution is 2.18. The van der Waals surface area contributed by atoms with E-state index in [9.17, 15) is 0 Å². The van der Waals surface area contributed by atoms with E-state index in [1.165, 1.54) is 11.1 Å². The van der Waals surface area contributed by atoms with Gasteiger partial charge in [-0.3, -0.25) is 0 Å². The average molecular weight is 148 g/mol. The summed E-state index contributed by atoms with van der Waals surface area (Å²) in [6, 6.07) is 8.52. The van der Waals surface area contributed by atoms with Crippen molar-refractivity contribution in [3.8, 4) is 0 Å². The quantitative estimate of drug-likeness (QED) is 0.571. The highest BCUT2D eigenvalue weighted by Gasteiger charge is 2.14. The zero-order valence-corrected chi connectivity index (χ0v) is 6.38. The first kappa shape index (κ1) is 6.83. The van der Waals surface area contributed by atoms with E-state index in [1.54, 1.807) is 0 Å². The fourth-order valence-electron chi connectivity index (χ4n) is 1.53. The van der Waals surface area contributed by atoms with E-state index in [4.69, 9.17) is 5.73 Å². The van der Waals surface area contributed by atoms with E-state index in [1.807, 2.05) is 6.07 Å². The summed E-state index contributed by atoms with van der Waals surface area (Å²) >= 11 is 0. The molecule has 0 saturated carbocycles. The molecule has 2 nitrogen and oxygen atoms in total. The zero-order chi connectivity index (χ0) is 7.68. The summed E-state index contributed by atoms with van der Waals surface area (Å²) in [6.07, 6.45) is 0. The van der Waals surface area contributed by atoms with Crippen molar-refractivity contribution < 1.29 is 0 Å². The predicted molar refractivity (Wildman–Crippen MR) is 45.1 cm³/mol. The molecule has 1 heterocycles. The molecule has 58 valence electrons. The van der Waals surface area contributed by atoms with Gasteiger partial charge in [0.15, 0.2) is 0 Å². The third kappa shape index (κ3) is 1.15. The second kappa shape index (κ2) is 2.64. The summed E-state index contributed by atoms with van der Waals surface area (Å²) in [4.78, 5) is 0. The second-order valence-electron chi connectivity index (χ2n) is 2.94. The Kier molecular flexibility index (Phi) is 1.64. The van der Waals surface area contributed by atoms with Crippen LogP contribution >= 0.6 is 0 Å². The second-order valence-corrected chi connectivity index (χ2v) is 2.94. The summed E-state index contributed by atoms with van der Waals surface area (Å²) in [7, 11) is 0. The molecule has 0 spiro atoms. The Morgan fingerprint density at radius 1 is 1.36 bits per heavy atom. The van der Waals surface area contributed by atoms with E-state index in [-0.39, 0.29) is 6.04 Å². The number of rotatable bonds is 0. The lowest BCUT2D eigenvalue weighted by Crippen LogP contribution is -2.32. The molecule has 0 amide bonds. The van der Waals surface area contributed by atoms with Crippen LogP contribution in [0.5, 0.6) is 0 Å². The maximum atomic E-state index is 5.88. The lowest BCUT2D eigenvalue weighted by Gasteiger charge is -2.22. The third-order valence-corrected chi connectivity index (χ3v) is 2.13. The van der Waals surface area contributed by atoms with Crippen LogP contribution in [-0.4, -0.2) is 6.54 Å². The van der Waals surface area contributed by atoms with Gasteiger partial charge in [-0.15, -0.1) is 0 Å². The third-order valence-electron chi connectivity index (χ3n) is 2.13. The Labute approximate surface area is 66.4 Å². The lowest BCUT2D eigenvalue weighted by molar-refractivity contribution is 0.555. The van der Waals surface area contributed by atoms with Crippen LogP contribution in [0.4, 0.5) is 0 Å². The molecule has 0 aliphatic carbocycles. The number of hydrogen-bond donors (Lipinski definition) is 2. The van der Waals surface area contributed by atoms with Gasteiger partial charge in [0.1, 0.15) is 0 Å². The first-order valence-corrected chi connectivity index (χ1v) is 3.92. The van der Waals surface area contributed by atoms with Crippen LogP contribution in [0.2, 0.25) is 0 Å². The van der Waals surface area contributed by atoms with Crippen molar-refractivity contribution in [2.45, 2.75) is 12.6 Å². The summed E-state index contributed by atoms with van der Waals surface area (Å²) in [6.45, 7) is 1.86. The maximum absolute atomic E-state index is 5.88. The molecule has 1 aromatic rings. The van der Waals surface area contributed by atoms with E-state index >= 15 is 0 Å². The summed E-state index contributed by atoms with van der Waals surface area (Å²) in [5, 5.41) is 3.27. The van der Waals surface area contributed by atoms with Crippen LogP contribution in [-0.2, 0) is 6.54 Å². The van der Waals surface area contributed by atoms with E-state index in [2.05, 4.69) is 23.5 Å². The minimum Gasteiger partial charge on any atom is -0.323 e. The number of hydrogen-bond acceptors (Lipinski definition) is 2. The molecule has 0 bridgehead atoms. The maximum Gasteiger partial charge on any atom is 0.0425 e. The Balaban J connectivity index is 2.44. The van der Waals surface area contributed by atoms with Crippen molar-refractivity contribution in [3.63, 3.8) is 0 Å². The number of benzene rings is 1. The normalized spacial score (nSPS) is 22.8. The topological polar surface area (TPSA) is 38.0 Å². The molecule has 0 unspecified atom stereocenters. The fourth-order valence-corrected chi connectivity index (χ4v) is 1.53. The monoisotopic (exact) mass is 148 g/mol. The van der Waals surface area contributed by atoms with Crippen LogP contribution in [0.3, 0.4) is 0 Å². The number of fused-ring (bicyclic) bond motifs is 1. The molecule has 1 atom stereocenters. The molecule has 0 saturated heterocycles. The van der Waals surface area contributed by atoms with E-state index in [0.29, 0.717) is 0 Å². The molecule has 0 aromatic heterocycles. The van der Waals surface area contributed by atoms with Gasteiger partial charge in [-0.1, -0.05) is 24.3 Å². The Morgan fingerprint density at radius 3 is 3.00 bits per heavy atom. The highest BCUT2D eigenvalue weighted by molar-refractivity contribution is 5.31. The van der Waals surface area contributed by atoms with Crippen LogP contribution in [0.25, 0.3) is 0 Å². The minimum absolute atomic E-state index is 0.181. The SMILES string of the molecule is N[C@H]1CNCc2ccccc21. The molecule has 0 fully saturated rings. The van der Waals surface area contributed by atoms with Crippen LogP contribution < -0.4 is 11.1 Å². The number of nitrogens with one attached hydrogen (secondary N) is 1. The van der Waals surface area contributed by atoms with E-state index < -0.39 is 0 Å². The molecule has 0 radical (unpaired) electrons. The predicted octanol–water partition coefficient (Wildman–Crippen LogP) is 0.790. The average Bonchev–Trinajstić information content (AvgIpc) is 2.06. The Bertz CT molecular complexity index is 257. The lowest BCUT2D eigenvalue weighted by atomic mass is 9.98. The fraction of sp³-hybridized carbons (Fsp3) is 0.333. The van der Waals surface area contributed by atoms with Gasteiger partial charge in [0.2, 0.25) is 0 Å². The van der Waals surface area contributed by atoms with Crippen molar-refractivity contribution in [1.29, 1.82) is 0 Å². The first-order valence-electron chi connectivity index (χ1n) is 3.92. The smallest absolute Gasteiger partial charge is 0.0425 e. The molecule has 1 aliphatic rings. The summed E-state index contributed by atoms with van der Waals surface area (Å²) in [5.74, 6) is 0. The van der Waals surface area contributed by atoms with Crippen LogP contribution in [0, 0.1) is 0 Å². The van der Waals surface area contributed by atoms with Crippen molar-refractivity contribution in [1.82, 2.24) is 5.32 Å². The van der Waals surface area contributed by atoms with Gasteiger partial charge in [-0.2, -0.15) is 0 Å². The standard InChI is InChI=1S/C9H12N2/c10-9-6-11-5-7-3-1-2-4-8(7)9/h1-4,9,11H,5-6,10H2/t9-/m0/s1. The van der Waals surface area contributed by atoms with Crippen molar-refractivity contribution in [2.24, 2.45) is 5.73 Å². The van der Waals surface area contributed by atoms with Gasteiger partial charge < -0.3 is 11.1 Å². The zero-order valence-electron chi connectivity index (χ0n) is 6.38. The van der Waals surface area contributed by atoms with Crippen molar-refractivity contribution in [2.75, 3.05) is 6.54 Å². The summed E-state index contributed by atoms with van der Waals surface area (Å²) < 4.78 is 0. The van der Waals surface area contributed by atoms with Gasteiger partial charge in [0.25, 0.3) is 0 Å². The molecular weight excluding hydrogens is 136 g/mol. The molecular formula is C9H12N2. The van der Waals surface area contributed by atoms with E-state index in [0.717, 1.165) is 13.1 Å².